The van der Waals surface area contributed by atoms with Gasteiger partial charge in [0, 0.05) is 12.6 Å². The van der Waals surface area contributed by atoms with Gasteiger partial charge in [0.05, 0.1) is 14.2 Å². The third-order valence-corrected chi connectivity index (χ3v) is 2.92. The lowest BCUT2D eigenvalue weighted by Crippen LogP contribution is -2.26. The van der Waals surface area contributed by atoms with Crippen LogP contribution in [0, 0.1) is 0 Å². The summed E-state index contributed by atoms with van der Waals surface area (Å²) in [6.45, 7) is 0.512. The number of carbonyl (C=O) groups is 1. The molecule has 1 amide bonds. The van der Waals surface area contributed by atoms with E-state index in [2.05, 4.69) is 15.3 Å². The highest BCUT2D eigenvalue weighted by Crippen LogP contribution is 2.12. The number of carbonyl (C=O) groups excluding carboxylic acids is 1. The predicted octanol–water partition coefficient (Wildman–Crippen LogP) is 1.47. The number of benzene rings is 1. The molecule has 0 aliphatic rings. The molecule has 2 rings (SSSR count). The fraction of sp³-hybridized carbons (Fsp3) is 0.267. The molecule has 1 N–H and O–H groups in total. The number of nitrogens with one attached hydrogen (secondary N) is 1. The lowest BCUT2D eigenvalue weighted by atomic mass is 10.1. The number of aromatic nitrogens is 2. The number of rotatable bonds is 6. The highest BCUT2D eigenvalue weighted by molar-refractivity contribution is 5.92. The molecule has 0 aliphatic carbocycles. The highest BCUT2D eigenvalue weighted by atomic mass is 16.5. The van der Waals surface area contributed by atoms with Gasteiger partial charge in [0.1, 0.15) is 17.8 Å². The van der Waals surface area contributed by atoms with Gasteiger partial charge in [-0.2, -0.15) is 0 Å². The van der Waals surface area contributed by atoms with Crippen molar-refractivity contribution in [1.29, 1.82) is 0 Å². The van der Waals surface area contributed by atoms with Crippen molar-refractivity contribution in [2.45, 2.75) is 6.42 Å². The summed E-state index contributed by atoms with van der Waals surface area (Å²) in [6, 6.07) is 9.24. The molecule has 6 nitrogen and oxygen atoms in total. The average molecular weight is 287 g/mol. The Balaban J connectivity index is 1.88. The van der Waals surface area contributed by atoms with Crippen LogP contribution in [-0.2, 0) is 6.42 Å². The first-order valence-corrected chi connectivity index (χ1v) is 6.50. The van der Waals surface area contributed by atoms with Crippen LogP contribution in [0.25, 0.3) is 0 Å². The SMILES string of the molecule is COc1cccc(CCNC(=O)c2cc(OC)ncn2)c1. The van der Waals surface area contributed by atoms with Crippen molar-refractivity contribution in [2.75, 3.05) is 20.8 Å². The molecule has 0 bridgehead atoms. The molecule has 21 heavy (non-hydrogen) atoms. The molecule has 0 saturated heterocycles. The van der Waals surface area contributed by atoms with Crippen molar-refractivity contribution < 1.29 is 14.3 Å². The molecule has 0 radical (unpaired) electrons. The van der Waals surface area contributed by atoms with Gasteiger partial charge < -0.3 is 14.8 Å². The van der Waals surface area contributed by atoms with Crippen molar-refractivity contribution in [1.82, 2.24) is 15.3 Å². The quantitative estimate of drug-likeness (QED) is 0.871. The van der Waals surface area contributed by atoms with E-state index in [1.165, 1.54) is 19.5 Å². The standard InChI is InChI=1S/C15H17N3O3/c1-20-12-5-3-4-11(8-12)6-7-16-15(19)13-9-14(21-2)18-10-17-13/h3-5,8-10H,6-7H2,1-2H3,(H,16,19). The van der Waals surface area contributed by atoms with Gasteiger partial charge >= 0.3 is 0 Å². The van der Waals surface area contributed by atoms with Gasteiger partial charge in [0.15, 0.2) is 0 Å². The zero-order valence-corrected chi connectivity index (χ0v) is 12.0. The second-order valence-electron chi connectivity index (χ2n) is 4.30. The van der Waals surface area contributed by atoms with Gasteiger partial charge in [-0.3, -0.25) is 4.79 Å². The van der Waals surface area contributed by atoms with Crippen molar-refractivity contribution in [2.24, 2.45) is 0 Å². The second kappa shape index (κ2) is 7.23. The topological polar surface area (TPSA) is 73.3 Å². The number of hydrogen-bond donors (Lipinski definition) is 1. The Kier molecular flexibility index (Phi) is 5.09. The maximum atomic E-state index is 11.9. The third kappa shape index (κ3) is 4.17. The lowest BCUT2D eigenvalue weighted by Gasteiger charge is -2.07. The predicted molar refractivity (Wildman–Crippen MR) is 77.6 cm³/mol. The zero-order chi connectivity index (χ0) is 15.1. The van der Waals surface area contributed by atoms with E-state index < -0.39 is 0 Å². The fourth-order valence-corrected chi connectivity index (χ4v) is 1.81. The summed E-state index contributed by atoms with van der Waals surface area (Å²) in [4.78, 5) is 19.7. The van der Waals surface area contributed by atoms with Gasteiger partial charge in [-0.1, -0.05) is 12.1 Å². The van der Waals surface area contributed by atoms with Crippen LogP contribution in [0.5, 0.6) is 11.6 Å². The minimum Gasteiger partial charge on any atom is -0.497 e. The number of amides is 1. The second-order valence-corrected chi connectivity index (χ2v) is 4.30. The molecule has 0 fully saturated rings. The van der Waals surface area contributed by atoms with Crippen LogP contribution >= 0.6 is 0 Å². The van der Waals surface area contributed by atoms with Gasteiger partial charge in [-0.05, 0) is 24.1 Å². The summed E-state index contributed by atoms with van der Waals surface area (Å²) < 4.78 is 10.1. The number of methoxy groups -OCH3 is 2. The number of nitrogens with zero attached hydrogens (tertiary/aromatic N) is 2. The molecule has 2 aromatic rings. The van der Waals surface area contributed by atoms with Gasteiger partial charge in [0.25, 0.3) is 5.91 Å². The molecule has 1 aromatic carbocycles. The molecule has 0 atom stereocenters. The van der Waals surface area contributed by atoms with E-state index in [1.54, 1.807) is 7.11 Å². The molecule has 0 unspecified atom stereocenters. The molecular formula is C15H17N3O3. The van der Waals surface area contributed by atoms with Crippen LogP contribution in [0.2, 0.25) is 0 Å². The number of ether oxygens (including phenoxy) is 2. The first-order chi connectivity index (χ1) is 10.2. The van der Waals surface area contributed by atoms with Crippen LogP contribution in [0.4, 0.5) is 0 Å². The first-order valence-electron chi connectivity index (χ1n) is 6.50. The molecule has 0 saturated carbocycles. The average Bonchev–Trinajstić information content (AvgIpc) is 2.55. The van der Waals surface area contributed by atoms with E-state index in [0.717, 1.165) is 11.3 Å². The largest absolute Gasteiger partial charge is 0.497 e. The van der Waals surface area contributed by atoms with Crippen molar-refractivity contribution >= 4 is 5.91 Å². The molecule has 0 spiro atoms. The molecule has 110 valence electrons. The zero-order valence-electron chi connectivity index (χ0n) is 12.0. The monoisotopic (exact) mass is 287 g/mol. The van der Waals surface area contributed by atoms with E-state index in [0.29, 0.717) is 18.8 Å². The van der Waals surface area contributed by atoms with Crippen LogP contribution in [0.15, 0.2) is 36.7 Å². The summed E-state index contributed by atoms with van der Waals surface area (Å²) in [5.74, 6) is 0.918. The maximum Gasteiger partial charge on any atom is 0.270 e. The Hall–Kier alpha value is -2.63. The summed E-state index contributed by atoms with van der Waals surface area (Å²) in [7, 11) is 3.12. The van der Waals surface area contributed by atoms with Gasteiger partial charge in [-0.25, -0.2) is 9.97 Å². The Morgan fingerprint density at radius 2 is 2.05 bits per heavy atom. The normalized spacial score (nSPS) is 10.0. The smallest absolute Gasteiger partial charge is 0.270 e. The fourth-order valence-electron chi connectivity index (χ4n) is 1.81. The van der Waals surface area contributed by atoms with Crippen LogP contribution in [-0.4, -0.2) is 36.6 Å². The molecule has 1 heterocycles. The first kappa shape index (κ1) is 14.8. The minimum atomic E-state index is -0.251. The lowest BCUT2D eigenvalue weighted by molar-refractivity contribution is 0.0948. The van der Waals surface area contributed by atoms with E-state index in [1.807, 2.05) is 24.3 Å². The van der Waals surface area contributed by atoms with Crippen molar-refractivity contribution in [3.05, 3.63) is 47.9 Å². The van der Waals surface area contributed by atoms with Crippen molar-refractivity contribution in [3.63, 3.8) is 0 Å². The van der Waals surface area contributed by atoms with E-state index >= 15 is 0 Å². The Bertz CT molecular complexity index is 617. The van der Waals surface area contributed by atoms with Gasteiger partial charge in [-0.15, -0.1) is 0 Å². The third-order valence-electron chi connectivity index (χ3n) is 2.92. The molecular weight excluding hydrogens is 270 g/mol. The molecule has 1 aromatic heterocycles. The van der Waals surface area contributed by atoms with Crippen LogP contribution in [0.1, 0.15) is 16.1 Å². The minimum absolute atomic E-state index is 0.251. The summed E-state index contributed by atoms with van der Waals surface area (Å²) >= 11 is 0. The van der Waals surface area contributed by atoms with Crippen LogP contribution < -0.4 is 14.8 Å². The van der Waals surface area contributed by atoms with Crippen LogP contribution in [0.3, 0.4) is 0 Å². The summed E-state index contributed by atoms with van der Waals surface area (Å²) in [5.41, 5.74) is 1.38. The van der Waals surface area contributed by atoms with Crippen molar-refractivity contribution in [3.8, 4) is 11.6 Å². The Morgan fingerprint density at radius 1 is 1.19 bits per heavy atom. The van der Waals surface area contributed by atoms with E-state index in [4.69, 9.17) is 9.47 Å². The molecule has 6 heteroatoms. The maximum absolute atomic E-state index is 11.9. The Labute approximate surface area is 123 Å². The Morgan fingerprint density at radius 3 is 2.81 bits per heavy atom. The number of hydrogen-bond acceptors (Lipinski definition) is 5. The van der Waals surface area contributed by atoms with E-state index in [-0.39, 0.29) is 11.6 Å². The summed E-state index contributed by atoms with van der Waals surface area (Å²) in [5, 5.41) is 2.81. The highest BCUT2D eigenvalue weighted by Gasteiger charge is 2.08. The van der Waals surface area contributed by atoms with E-state index in [9.17, 15) is 4.79 Å². The molecule has 0 aliphatic heterocycles. The van der Waals surface area contributed by atoms with Gasteiger partial charge in [0.2, 0.25) is 5.88 Å². The summed E-state index contributed by atoms with van der Waals surface area (Å²) in [6.07, 6.45) is 2.01.